The van der Waals surface area contributed by atoms with Gasteiger partial charge in [-0.25, -0.2) is 9.97 Å². The van der Waals surface area contributed by atoms with E-state index in [1.165, 1.54) is 18.7 Å². The van der Waals surface area contributed by atoms with E-state index >= 15 is 0 Å². The zero-order valence-electron chi connectivity index (χ0n) is 5.82. The van der Waals surface area contributed by atoms with Crippen LogP contribution in [0.5, 0.6) is 0 Å². The zero-order valence-corrected chi connectivity index (χ0v) is 5.82. The van der Waals surface area contributed by atoms with Crippen molar-refractivity contribution in [1.29, 1.82) is 0 Å². The highest BCUT2D eigenvalue weighted by atomic mass is 16.1. The Labute approximate surface area is 63.8 Å². The summed E-state index contributed by atoms with van der Waals surface area (Å²) in [6.07, 6.45) is 4.35. The molecule has 2 N–H and O–H groups in total. The van der Waals surface area contributed by atoms with Crippen molar-refractivity contribution in [2.75, 3.05) is 0 Å². The minimum Gasteiger partial charge on any atom is -0.366 e. The van der Waals surface area contributed by atoms with Gasteiger partial charge in [0.05, 0.1) is 0 Å². The van der Waals surface area contributed by atoms with E-state index in [1.54, 1.807) is 0 Å². The maximum atomic E-state index is 10.6. The Morgan fingerprint density at radius 1 is 1.45 bits per heavy atom. The molecule has 0 bridgehead atoms. The molecule has 0 fully saturated rings. The van der Waals surface area contributed by atoms with Gasteiger partial charge in [0.15, 0.2) is 0 Å². The SMILES string of the molecule is C=C(C(N)=O)c1cncnc1. The number of aromatic nitrogens is 2. The molecule has 0 unspecified atom stereocenters. The van der Waals surface area contributed by atoms with Crippen molar-refractivity contribution in [1.82, 2.24) is 9.97 Å². The number of rotatable bonds is 2. The van der Waals surface area contributed by atoms with Crippen molar-refractivity contribution in [3.8, 4) is 0 Å². The van der Waals surface area contributed by atoms with E-state index in [1.807, 2.05) is 0 Å². The van der Waals surface area contributed by atoms with Gasteiger partial charge in [-0.1, -0.05) is 6.58 Å². The molecule has 0 aliphatic carbocycles. The molecular weight excluding hydrogens is 142 g/mol. The van der Waals surface area contributed by atoms with Crippen LogP contribution in [0.4, 0.5) is 0 Å². The van der Waals surface area contributed by atoms with Crippen LogP contribution in [0.1, 0.15) is 5.56 Å². The molecular formula is C7H7N3O. The van der Waals surface area contributed by atoms with Crippen molar-refractivity contribution < 1.29 is 4.79 Å². The second-order valence-corrected chi connectivity index (χ2v) is 1.97. The molecule has 0 saturated carbocycles. The lowest BCUT2D eigenvalue weighted by Crippen LogP contribution is -2.12. The highest BCUT2D eigenvalue weighted by molar-refractivity contribution is 6.17. The molecule has 4 nitrogen and oxygen atoms in total. The standard InChI is InChI=1S/C7H7N3O/c1-5(7(8)11)6-2-9-4-10-3-6/h2-4H,1H2,(H2,8,11). The van der Waals surface area contributed by atoms with Crippen molar-refractivity contribution in [2.24, 2.45) is 5.73 Å². The minimum absolute atomic E-state index is 0.227. The summed E-state index contributed by atoms with van der Waals surface area (Å²) >= 11 is 0. The summed E-state index contributed by atoms with van der Waals surface area (Å²) in [5.41, 5.74) is 5.76. The molecule has 0 radical (unpaired) electrons. The lowest BCUT2D eigenvalue weighted by Gasteiger charge is -1.97. The van der Waals surface area contributed by atoms with Crippen LogP contribution >= 0.6 is 0 Å². The number of hydrogen-bond acceptors (Lipinski definition) is 3. The van der Waals surface area contributed by atoms with Gasteiger partial charge in [-0.3, -0.25) is 4.79 Å². The van der Waals surface area contributed by atoms with Crippen LogP contribution < -0.4 is 5.73 Å². The summed E-state index contributed by atoms with van der Waals surface area (Å²) in [6, 6.07) is 0. The third-order valence-corrected chi connectivity index (χ3v) is 1.21. The Balaban J connectivity index is 2.95. The van der Waals surface area contributed by atoms with Gasteiger partial charge >= 0.3 is 0 Å². The molecule has 1 heterocycles. The van der Waals surface area contributed by atoms with Gasteiger partial charge in [-0.05, 0) is 0 Å². The maximum Gasteiger partial charge on any atom is 0.248 e. The van der Waals surface area contributed by atoms with Crippen LogP contribution in [0.15, 0.2) is 25.3 Å². The van der Waals surface area contributed by atoms with Crippen LogP contribution in [0.3, 0.4) is 0 Å². The Morgan fingerprint density at radius 3 is 2.45 bits per heavy atom. The van der Waals surface area contributed by atoms with E-state index in [4.69, 9.17) is 5.73 Å². The summed E-state index contributed by atoms with van der Waals surface area (Å²) in [4.78, 5) is 18.0. The number of nitrogens with zero attached hydrogens (tertiary/aromatic N) is 2. The summed E-state index contributed by atoms with van der Waals surface area (Å²) in [6.45, 7) is 3.47. The van der Waals surface area contributed by atoms with Crippen LogP contribution in [-0.4, -0.2) is 15.9 Å². The number of carbonyl (C=O) groups is 1. The normalized spacial score (nSPS) is 9.09. The predicted molar refractivity (Wildman–Crippen MR) is 40.3 cm³/mol. The summed E-state index contributed by atoms with van der Waals surface area (Å²) in [7, 11) is 0. The largest absolute Gasteiger partial charge is 0.366 e. The van der Waals surface area contributed by atoms with Crippen molar-refractivity contribution in [3.63, 3.8) is 0 Å². The molecule has 1 rings (SSSR count). The molecule has 0 atom stereocenters. The second kappa shape index (κ2) is 2.92. The Kier molecular flexibility index (Phi) is 1.96. The molecule has 11 heavy (non-hydrogen) atoms. The summed E-state index contributed by atoms with van der Waals surface area (Å²) < 4.78 is 0. The van der Waals surface area contributed by atoms with E-state index in [-0.39, 0.29) is 5.57 Å². The van der Waals surface area contributed by atoms with Crippen molar-refractivity contribution >= 4 is 11.5 Å². The van der Waals surface area contributed by atoms with Gasteiger partial charge in [-0.2, -0.15) is 0 Å². The van der Waals surface area contributed by atoms with Crippen molar-refractivity contribution in [2.45, 2.75) is 0 Å². The summed E-state index contributed by atoms with van der Waals surface area (Å²) in [5, 5.41) is 0. The van der Waals surface area contributed by atoms with E-state index in [0.717, 1.165) is 0 Å². The minimum atomic E-state index is -0.556. The Bertz CT molecular complexity index is 281. The fourth-order valence-electron chi connectivity index (χ4n) is 0.597. The number of nitrogens with two attached hydrogens (primary N) is 1. The molecule has 56 valence electrons. The van der Waals surface area contributed by atoms with Crippen LogP contribution in [0.25, 0.3) is 5.57 Å². The van der Waals surface area contributed by atoms with Gasteiger partial charge in [0, 0.05) is 23.5 Å². The lowest BCUT2D eigenvalue weighted by atomic mass is 10.1. The van der Waals surface area contributed by atoms with E-state index in [0.29, 0.717) is 5.56 Å². The average Bonchev–Trinajstić information content (AvgIpc) is 2.05. The molecule has 1 amide bonds. The highest BCUT2D eigenvalue weighted by Crippen LogP contribution is 2.06. The smallest absolute Gasteiger partial charge is 0.248 e. The molecule has 0 aliphatic rings. The van der Waals surface area contributed by atoms with Gasteiger partial charge in [0.1, 0.15) is 6.33 Å². The van der Waals surface area contributed by atoms with E-state index in [9.17, 15) is 4.79 Å². The quantitative estimate of drug-likeness (QED) is 0.600. The maximum absolute atomic E-state index is 10.6. The average molecular weight is 149 g/mol. The molecule has 0 spiro atoms. The molecule has 0 saturated heterocycles. The third kappa shape index (κ3) is 1.61. The number of amides is 1. The third-order valence-electron chi connectivity index (χ3n) is 1.21. The Hall–Kier alpha value is -1.71. The summed E-state index contributed by atoms with van der Waals surface area (Å²) in [5.74, 6) is -0.556. The molecule has 1 aromatic heterocycles. The zero-order chi connectivity index (χ0) is 8.27. The predicted octanol–water partition coefficient (Wildman–Crippen LogP) is -0.0249. The first-order valence-corrected chi connectivity index (χ1v) is 2.96. The number of carbonyl (C=O) groups excluding carboxylic acids is 1. The van der Waals surface area contributed by atoms with Crippen molar-refractivity contribution in [3.05, 3.63) is 30.9 Å². The first-order chi connectivity index (χ1) is 5.22. The molecule has 0 aromatic carbocycles. The molecule has 1 aromatic rings. The van der Waals surface area contributed by atoms with E-state index in [2.05, 4.69) is 16.5 Å². The molecule has 4 heteroatoms. The highest BCUT2D eigenvalue weighted by Gasteiger charge is 2.03. The topological polar surface area (TPSA) is 68.9 Å². The van der Waals surface area contributed by atoms with Gasteiger partial charge in [-0.15, -0.1) is 0 Å². The Morgan fingerprint density at radius 2 is 2.00 bits per heavy atom. The second-order valence-electron chi connectivity index (χ2n) is 1.97. The lowest BCUT2D eigenvalue weighted by molar-refractivity contribution is -0.112. The van der Waals surface area contributed by atoms with E-state index < -0.39 is 5.91 Å². The fourth-order valence-corrected chi connectivity index (χ4v) is 0.597. The number of primary amides is 1. The van der Waals surface area contributed by atoms with Gasteiger partial charge in [0.25, 0.3) is 0 Å². The first kappa shape index (κ1) is 7.40. The fraction of sp³-hybridized carbons (Fsp3) is 0. The van der Waals surface area contributed by atoms with Crippen LogP contribution in [0.2, 0.25) is 0 Å². The van der Waals surface area contributed by atoms with Gasteiger partial charge in [0.2, 0.25) is 5.91 Å². The van der Waals surface area contributed by atoms with Crippen LogP contribution in [-0.2, 0) is 4.79 Å². The van der Waals surface area contributed by atoms with Crippen LogP contribution in [0, 0.1) is 0 Å². The monoisotopic (exact) mass is 149 g/mol. The molecule has 0 aliphatic heterocycles. The van der Waals surface area contributed by atoms with Gasteiger partial charge < -0.3 is 5.73 Å². The number of hydrogen-bond donors (Lipinski definition) is 1. The first-order valence-electron chi connectivity index (χ1n) is 2.96.